The van der Waals surface area contributed by atoms with Crippen LogP contribution in [-0.2, 0) is 17.6 Å². The van der Waals surface area contributed by atoms with Crippen molar-refractivity contribution in [3.8, 4) is 0 Å². The zero-order valence-corrected chi connectivity index (χ0v) is 12.9. The maximum absolute atomic E-state index is 13.1. The van der Waals surface area contributed by atoms with E-state index in [0.29, 0.717) is 24.2 Å². The van der Waals surface area contributed by atoms with Gasteiger partial charge < -0.3 is 15.2 Å². The quantitative estimate of drug-likeness (QED) is 0.826. The van der Waals surface area contributed by atoms with Crippen molar-refractivity contribution < 1.29 is 27.3 Å². The number of primary amides is 1. The Kier molecular flexibility index (Phi) is 4.27. The Bertz CT molecular complexity index is 656. The molecule has 0 unspecified atom stereocenters. The SMILES string of the molecule is NC(=O)[C@@H]1CN(C(=O)c2noc3c2CCCCC3)C[C@H]1C(F)(F)F. The molecule has 1 aromatic rings. The molecule has 1 aliphatic heterocycles. The number of nitrogens with two attached hydrogens (primary N) is 1. The number of amides is 2. The average Bonchev–Trinajstić information content (AvgIpc) is 3.05. The van der Waals surface area contributed by atoms with Crippen LogP contribution in [0.4, 0.5) is 13.2 Å². The Morgan fingerprint density at radius 1 is 1.17 bits per heavy atom. The summed E-state index contributed by atoms with van der Waals surface area (Å²) < 4.78 is 44.5. The van der Waals surface area contributed by atoms with E-state index in [1.807, 2.05) is 0 Å². The van der Waals surface area contributed by atoms with Crippen LogP contribution in [0.2, 0.25) is 0 Å². The van der Waals surface area contributed by atoms with Gasteiger partial charge >= 0.3 is 6.18 Å². The molecule has 24 heavy (non-hydrogen) atoms. The highest BCUT2D eigenvalue weighted by Crippen LogP contribution is 2.38. The van der Waals surface area contributed by atoms with E-state index in [9.17, 15) is 22.8 Å². The van der Waals surface area contributed by atoms with E-state index < -0.39 is 36.4 Å². The van der Waals surface area contributed by atoms with Crippen LogP contribution in [-0.4, -0.2) is 41.1 Å². The summed E-state index contributed by atoms with van der Waals surface area (Å²) in [5.74, 6) is -4.41. The first-order valence-corrected chi connectivity index (χ1v) is 7.91. The predicted octanol–water partition coefficient (Wildman–Crippen LogP) is 1.68. The highest BCUT2D eigenvalue weighted by atomic mass is 19.4. The number of rotatable bonds is 2. The third-order valence-corrected chi connectivity index (χ3v) is 4.80. The molecule has 1 aromatic heterocycles. The lowest BCUT2D eigenvalue weighted by Crippen LogP contribution is -2.37. The van der Waals surface area contributed by atoms with Gasteiger partial charge in [-0.15, -0.1) is 0 Å². The van der Waals surface area contributed by atoms with E-state index >= 15 is 0 Å². The second-order valence-electron chi connectivity index (χ2n) is 6.36. The minimum atomic E-state index is -4.59. The zero-order valence-electron chi connectivity index (χ0n) is 12.9. The average molecular weight is 345 g/mol. The fraction of sp³-hybridized carbons (Fsp3) is 0.667. The van der Waals surface area contributed by atoms with E-state index in [1.54, 1.807) is 0 Å². The highest BCUT2D eigenvalue weighted by Gasteiger charge is 2.53. The van der Waals surface area contributed by atoms with E-state index in [1.165, 1.54) is 0 Å². The molecule has 0 aromatic carbocycles. The van der Waals surface area contributed by atoms with Gasteiger partial charge in [-0.3, -0.25) is 9.59 Å². The number of fused-ring (bicyclic) bond motifs is 1. The second kappa shape index (κ2) is 6.10. The predicted molar refractivity (Wildman–Crippen MR) is 75.9 cm³/mol. The Morgan fingerprint density at radius 3 is 2.50 bits per heavy atom. The molecule has 2 aliphatic rings. The van der Waals surface area contributed by atoms with E-state index in [0.717, 1.165) is 24.2 Å². The van der Waals surface area contributed by atoms with Crippen molar-refractivity contribution in [1.82, 2.24) is 10.1 Å². The van der Waals surface area contributed by atoms with Crippen LogP contribution < -0.4 is 5.73 Å². The summed E-state index contributed by atoms with van der Waals surface area (Å²) in [6.45, 7) is -0.933. The first kappa shape index (κ1) is 16.8. The fourth-order valence-electron chi connectivity index (χ4n) is 3.47. The summed E-state index contributed by atoms with van der Waals surface area (Å²) in [5, 5.41) is 3.78. The molecular formula is C15H18F3N3O3. The molecule has 1 aliphatic carbocycles. The van der Waals surface area contributed by atoms with Crippen molar-refractivity contribution in [1.29, 1.82) is 0 Å². The number of nitrogens with zero attached hydrogens (tertiary/aromatic N) is 2. The van der Waals surface area contributed by atoms with Gasteiger partial charge in [0, 0.05) is 25.1 Å². The second-order valence-corrected chi connectivity index (χ2v) is 6.36. The summed E-state index contributed by atoms with van der Waals surface area (Å²) in [5.41, 5.74) is 5.84. The minimum Gasteiger partial charge on any atom is -0.369 e. The number of halogens is 3. The Balaban J connectivity index is 1.84. The molecule has 0 spiro atoms. The van der Waals surface area contributed by atoms with Crippen LogP contribution in [0.1, 0.15) is 41.1 Å². The summed E-state index contributed by atoms with van der Waals surface area (Å²) >= 11 is 0. The Labute approximate surface area is 136 Å². The van der Waals surface area contributed by atoms with Gasteiger partial charge in [0.15, 0.2) is 5.69 Å². The lowest BCUT2D eigenvalue weighted by molar-refractivity contribution is -0.182. The molecule has 1 fully saturated rings. The summed E-state index contributed by atoms with van der Waals surface area (Å²) in [6, 6.07) is 0. The van der Waals surface area contributed by atoms with Crippen LogP contribution in [0, 0.1) is 11.8 Å². The van der Waals surface area contributed by atoms with Gasteiger partial charge in [-0.05, 0) is 19.3 Å². The molecule has 2 amide bonds. The van der Waals surface area contributed by atoms with Gasteiger partial charge in [0.05, 0.1) is 11.8 Å². The molecule has 0 bridgehead atoms. The lowest BCUT2D eigenvalue weighted by Gasteiger charge is -2.18. The first-order chi connectivity index (χ1) is 11.3. The Morgan fingerprint density at radius 2 is 1.88 bits per heavy atom. The molecule has 0 saturated carbocycles. The molecular weight excluding hydrogens is 327 g/mol. The highest BCUT2D eigenvalue weighted by molar-refractivity contribution is 5.94. The molecule has 132 valence electrons. The van der Waals surface area contributed by atoms with E-state index in [-0.39, 0.29) is 12.2 Å². The fourth-order valence-corrected chi connectivity index (χ4v) is 3.47. The molecule has 0 radical (unpaired) electrons. The zero-order chi connectivity index (χ0) is 17.5. The molecule has 2 heterocycles. The number of carbonyl (C=O) groups excluding carboxylic acids is 2. The molecule has 1 saturated heterocycles. The van der Waals surface area contributed by atoms with Gasteiger partial charge in [-0.1, -0.05) is 11.6 Å². The number of alkyl halides is 3. The van der Waals surface area contributed by atoms with Gasteiger partial charge in [0.1, 0.15) is 5.76 Å². The largest absolute Gasteiger partial charge is 0.394 e. The van der Waals surface area contributed by atoms with Gasteiger partial charge in [-0.2, -0.15) is 13.2 Å². The molecule has 2 N–H and O–H groups in total. The lowest BCUT2D eigenvalue weighted by atomic mass is 9.95. The van der Waals surface area contributed by atoms with Crippen LogP contribution in [0.5, 0.6) is 0 Å². The number of aromatic nitrogens is 1. The molecule has 6 nitrogen and oxygen atoms in total. The van der Waals surface area contributed by atoms with Gasteiger partial charge in [0.2, 0.25) is 5.91 Å². The van der Waals surface area contributed by atoms with Crippen LogP contribution >= 0.6 is 0 Å². The number of carbonyl (C=O) groups is 2. The van der Waals surface area contributed by atoms with Crippen LogP contribution in [0.25, 0.3) is 0 Å². The van der Waals surface area contributed by atoms with Crippen LogP contribution in [0.15, 0.2) is 4.52 Å². The molecule has 2 atom stereocenters. The third-order valence-electron chi connectivity index (χ3n) is 4.80. The third kappa shape index (κ3) is 2.99. The number of aryl methyl sites for hydroxylation is 1. The molecule has 9 heteroatoms. The number of likely N-dealkylation sites (tertiary alicyclic amines) is 1. The smallest absolute Gasteiger partial charge is 0.369 e. The first-order valence-electron chi connectivity index (χ1n) is 7.91. The van der Waals surface area contributed by atoms with Gasteiger partial charge in [-0.25, -0.2) is 0 Å². The van der Waals surface area contributed by atoms with Crippen molar-refractivity contribution in [2.75, 3.05) is 13.1 Å². The van der Waals surface area contributed by atoms with Crippen molar-refractivity contribution >= 4 is 11.8 Å². The summed E-state index contributed by atoms with van der Waals surface area (Å²) in [4.78, 5) is 25.0. The monoisotopic (exact) mass is 345 g/mol. The van der Waals surface area contributed by atoms with E-state index in [4.69, 9.17) is 10.3 Å². The maximum Gasteiger partial charge on any atom is 0.394 e. The minimum absolute atomic E-state index is 0.0675. The van der Waals surface area contributed by atoms with Crippen molar-refractivity contribution in [3.63, 3.8) is 0 Å². The topological polar surface area (TPSA) is 89.4 Å². The van der Waals surface area contributed by atoms with E-state index in [2.05, 4.69) is 5.16 Å². The molecule has 3 rings (SSSR count). The standard InChI is InChI=1S/C15H18F3N3O3/c16-15(17,18)10-7-21(6-9(10)13(19)22)14(23)12-8-4-2-1-3-5-11(8)24-20-12/h9-10H,1-7H2,(H2,19,22)/t9-,10-/m1/s1. The number of hydrogen-bond donors (Lipinski definition) is 1. The summed E-state index contributed by atoms with van der Waals surface area (Å²) in [6.07, 6.45) is -0.486. The van der Waals surface area contributed by atoms with Gasteiger partial charge in [0.25, 0.3) is 5.91 Å². The summed E-state index contributed by atoms with van der Waals surface area (Å²) in [7, 11) is 0. The van der Waals surface area contributed by atoms with Crippen LogP contribution in [0.3, 0.4) is 0 Å². The normalized spacial score (nSPS) is 24.5. The Hall–Kier alpha value is -2.06. The van der Waals surface area contributed by atoms with Crippen molar-refractivity contribution in [2.45, 2.75) is 38.3 Å². The van der Waals surface area contributed by atoms with Crippen molar-refractivity contribution in [3.05, 3.63) is 17.0 Å². The van der Waals surface area contributed by atoms with Crippen molar-refractivity contribution in [2.24, 2.45) is 17.6 Å². The maximum atomic E-state index is 13.1. The number of hydrogen-bond acceptors (Lipinski definition) is 4.